The van der Waals surface area contributed by atoms with E-state index in [1.165, 1.54) is 19.9 Å². The number of halogens is 3. The lowest BCUT2D eigenvalue weighted by atomic mass is 9.94. The van der Waals surface area contributed by atoms with Crippen molar-refractivity contribution in [2.75, 3.05) is 0 Å². The normalized spacial score (nSPS) is 17.7. The molecule has 0 radical (unpaired) electrons. The van der Waals surface area contributed by atoms with Gasteiger partial charge in [-0.1, -0.05) is 6.08 Å². The van der Waals surface area contributed by atoms with E-state index < -0.39 is 23.8 Å². The molecule has 0 rings (SSSR count). The number of hydrogen-bond acceptors (Lipinski definition) is 3. The lowest BCUT2D eigenvalue weighted by Gasteiger charge is -2.32. The van der Waals surface area contributed by atoms with Crippen molar-refractivity contribution >= 4 is 5.97 Å². The highest BCUT2D eigenvalue weighted by Gasteiger charge is 2.45. The summed E-state index contributed by atoms with van der Waals surface area (Å²) in [5, 5.41) is 0. The number of carbonyl (C=O) groups is 1. The minimum atomic E-state index is -5.00. The molecule has 0 aromatic heterocycles. The van der Waals surface area contributed by atoms with Gasteiger partial charge in [-0.05, 0) is 13.8 Å². The molecule has 0 bridgehead atoms. The summed E-state index contributed by atoms with van der Waals surface area (Å²) in [5.74, 6) is -2.23. The minimum Gasteiger partial charge on any atom is -0.451 e. The molecule has 6 heteroatoms. The molecule has 0 saturated heterocycles. The maximum atomic E-state index is 11.9. The van der Waals surface area contributed by atoms with Gasteiger partial charge >= 0.3 is 12.1 Å². The zero-order valence-corrected chi connectivity index (χ0v) is 8.60. The van der Waals surface area contributed by atoms with Gasteiger partial charge in [-0.3, -0.25) is 0 Å². The highest BCUT2D eigenvalue weighted by atomic mass is 19.4. The molecule has 0 heterocycles. The van der Waals surface area contributed by atoms with Crippen molar-refractivity contribution in [1.29, 1.82) is 0 Å². The van der Waals surface area contributed by atoms with Crippen LogP contribution in [0, 0.1) is 0 Å². The fraction of sp³-hybridized carbons (Fsp3) is 0.667. The van der Waals surface area contributed by atoms with Crippen LogP contribution in [-0.4, -0.2) is 23.8 Å². The van der Waals surface area contributed by atoms with E-state index in [4.69, 9.17) is 5.73 Å². The lowest BCUT2D eigenvalue weighted by Crippen LogP contribution is -2.49. The second-order valence-electron chi connectivity index (χ2n) is 3.48. The van der Waals surface area contributed by atoms with E-state index in [2.05, 4.69) is 11.3 Å². The first kappa shape index (κ1) is 14.0. The van der Waals surface area contributed by atoms with Gasteiger partial charge in [0.1, 0.15) is 5.60 Å². The molecule has 15 heavy (non-hydrogen) atoms. The number of rotatable bonds is 4. The Balaban J connectivity index is 4.70. The first-order valence-electron chi connectivity index (χ1n) is 4.30. The van der Waals surface area contributed by atoms with Crippen LogP contribution in [0.4, 0.5) is 13.2 Å². The zero-order valence-electron chi connectivity index (χ0n) is 8.60. The molecule has 0 amide bonds. The van der Waals surface area contributed by atoms with E-state index in [-0.39, 0.29) is 6.42 Å². The molecule has 2 atom stereocenters. The highest BCUT2D eigenvalue weighted by molar-refractivity contribution is 5.76. The fourth-order valence-corrected chi connectivity index (χ4v) is 0.877. The summed E-state index contributed by atoms with van der Waals surface area (Å²) >= 11 is 0. The van der Waals surface area contributed by atoms with Crippen molar-refractivity contribution < 1.29 is 22.7 Å². The average molecular weight is 225 g/mol. The van der Waals surface area contributed by atoms with Crippen molar-refractivity contribution in [3.8, 4) is 0 Å². The molecule has 0 unspecified atom stereocenters. The van der Waals surface area contributed by atoms with Gasteiger partial charge in [0, 0.05) is 12.5 Å². The molecule has 0 aliphatic rings. The maximum Gasteiger partial charge on any atom is 0.490 e. The van der Waals surface area contributed by atoms with Gasteiger partial charge in [-0.25, -0.2) is 4.79 Å². The summed E-state index contributed by atoms with van der Waals surface area (Å²) in [5.41, 5.74) is 4.08. The van der Waals surface area contributed by atoms with Crippen LogP contribution in [0.1, 0.15) is 20.3 Å². The molecule has 3 nitrogen and oxygen atoms in total. The van der Waals surface area contributed by atoms with Gasteiger partial charge in [0.05, 0.1) is 0 Å². The molecule has 0 aliphatic carbocycles. The number of alkyl halides is 3. The minimum absolute atomic E-state index is 0.0620. The Labute approximate surface area is 86.1 Å². The Morgan fingerprint density at radius 2 is 2.07 bits per heavy atom. The molecule has 2 N–H and O–H groups in total. The van der Waals surface area contributed by atoms with E-state index in [1.54, 1.807) is 0 Å². The van der Waals surface area contributed by atoms with Crippen LogP contribution >= 0.6 is 0 Å². The lowest BCUT2D eigenvalue weighted by molar-refractivity contribution is -0.213. The maximum absolute atomic E-state index is 11.9. The van der Waals surface area contributed by atoms with Crippen LogP contribution in [0.2, 0.25) is 0 Å². The smallest absolute Gasteiger partial charge is 0.451 e. The van der Waals surface area contributed by atoms with Gasteiger partial charge in [-0.2, -0.15) is 13.2 Å². The Morgan fingerprint density at radius 3 is 2.33 bits per heavy atom. The third-order valence-electron chi connectivity index (χ3n) is 2.07. The molecule has 0 spiro atoms. The molecule has 0 aromatic carbocycles. The van der Waals surface area contributed by atoms with Crippen molar-refractivity contribution in [1.82, 2.24) is 0 Å². The Bertz CT molecular complexity index is 250. The third-order valence-corrected chi connectivity index (χ3v) is 2.07. The zero-order chi connectivity index (χ0) is 12.3. The van der Waals surface area contributed by atoms with Gasteiger partial charge in [0.2, 0.25) is 0 Å². The summed E-state index contributed by atoms with van der Waals surface area (Å²) in [7, 11) is 0. The monoisotopic (exact) mass is 225 g/mol. The van der Waals surface area contributed by atoms with Gasteiger partial charge in [0.25, 0.3) is 0 Å². The molecule has 0 saturated carbocycles. The van der Waals surface area contributed by atoms with Crippen molar-refractivity contribution in [3.63, 3.8) is 0 Å². The summed E-state index contributed by atoms with van der Waals surface area (Å²) in [6.45, 7) is 6.17. The van der Waals surface area contributed by atoms with E-state index in [9.17, 15) is 18.0 Å². The summed E-state index contributed by atoms with van der Waals surface area (Å²) in [6.07, 6.45) is -3.59. The highest BCUT2D eigenvalue weighted by Crippen LogP contribution is 2.25. The molecule has 0 aromatic rings. The predicted octanol–water partition coefficient (Wildman–Crippen LogP) is 1.77. The van der Waals surface area contributed by atoms with Gasteiger partial charge in [0.15, 0.2) is 0 Å². The Hall–Kier alpha value is -1.04. The topological polar surface area (TPSA) is 52.3 Å². The summed E-state index contributed by atoms with van der Waals surface area (Å²) in [6, 6.07) is -0.721. The largest absolute Gasteiger partial charge is 0.490 e. The molecule has 0 aliphatic heterocycles. The first-order valence-corrected chi connectivity index (χ1v) is 4.30. The number of hydrogen-bond donors (Lipinski definition) is 1. The van der Waals surface area contributed by atoms with E-state index >= 15 is 0 Å². The second kappa shape index (κ2) is 4.65. The van der Waals surface area contributed by atoms with Crippen LogP contribution in [0.5, 0.6) is 0 Å². The van der Waals surface area contributed by atoms with Gasteiger partial charge < -0.3 is 10.5 Å². The van der Waals surface area contributed by atoms with Crippen LogP contribution in [0.3, 0.4) is 0 Å². The quantitative estimate of drug-likeness (QED) is 0.586. The number of nitrogens with two attached hydrogens (primary N) is 1. The Kier molecular flexibility index (Phi) is 4.33. The number of carbonyl (C=O) groups excluding carboxylic acids is 1. The van der Waals surface area contributed by atoms with Crippen molar-refractivity contribution in [2.24, 2.45) is 5.73 Å². The standard InChI is InChI=1S/C9H14F3NO2/c1-4-5-8(3,6(2)13)15-7(14)9(10,11)12/h4,6H,1,5,13H2,2-3H3/t6-,8+/m0/s1. The van der Waals surface area contributed by atoms with E-state index in [0.717, 1.165) is 0 Å². The molecule has 88 valence electrons. The summed E-state index contributed by atoms with van der Waals surface area (Å²) < 4.78 is 40.2. The second-order valence-corrected chi connectivity index (χ2v) is 3.48. The third kappa shape index (κ3) is 3.91. The number of esters is 1. The van der Waals surface area contributed by atoms with Crippen molar-refractivity contribution in [2.45, 2.75) is 38.1 Å². The van der Waals surface area contributed by atoms with Crippen LogP contribution in [0.25, 0.3) is 0 Å². The predicted molar refractivity (Wildman–Crippen MR) is 49.0 cm³/mol. The molecular formula is C9H14F3NO2. The van der Waals surface area contributed by atoms with E-state index in [0.29, 0.717) is 0 Å². The number of ether oxygens (including phenoxy) is 1. The fourth-order valence-electron chi connectivity index (χ4n) is 0.877. The van der Waals surface area contributed by atoms with Crippen LogP contribution in [0.15, 0.2) is 12.7 Å². The SMILES string of the molecule is C=CC[C@@](C)(OC(=O)C(F)(F)F)[C@H](C)N. The molecular weight excluding hydrogens is 211 g/mol. The van der Waals surface area contributed by atoms with Crippen LogP contribution < -0.4 is 5.73 Å². The molecule has 0 fully saturated rings. The van der Waals surface area contributed by atoms with Crippen LogP contribution in [-0.2, 0) is 9.53 Å². The Morgan fingerprint density at radius 1 is 1.60 bits per heavy atom. The first-order chi connectivity index (χ1) is 6.63. The van der Waals surface area contributed by atoms with E-state index in [1.807, 2.05) is 0 Å². The van der Waals surface area contributed by atoms with Gasteiger partial charge in [-0.15, -0.1) is 6.58 Å². The van der Waals surface area contributed by atoms with Crippen molar-refractivity contribution in [3.05, 3.63) is 12.7 Å². The average Bonchev–Trinajstić information content (AvgIpc) is 2.02. The summed E-state index contributed by atoms with van der Waals surface area (Å²) in [4.78, 5) is 10.6.